The molecule has 1 aliphatic heterocycles. The minimum Gasteiger partial charge on any atom is -0.392 e. The normalized spacial score (nSPS) is 37.3. The third kappa shape index (κ3) is 1.46. The zero-order valence-corrected chi connectivity index (χ0v) is 11.5. The summed E-state index contributed by atoms with van der Waals surface area (Å²) >= 11 is 0. The Balaban J connectivity index is 1.94. The van der Waals surface area contributed by atoms with E-state index in [4.69, 9.17) is 0 Å². The van der Waals surface area contributed by atoms with Crippen LogP contribution in [-0.4, -0.2) is 35.8 Å². The summed E-state index contributed by atoms with van der Waals surface area (Å²) in [6.07, 6.45) is 3.03. The predicted octanol–water partition coefficient (Wildman–Crippen LogP) is 0.702. The van der Waals surface area contributed by atoms with Crippen LogP contribution in [0, 0.1) is 5.92 Å². The molecule has 5 atom stereocenters. The third-order valence-electron chi connectivity index (χ3n) is 5.28. The van der Waals surface area contributed by atoms with Crippen LogP contribution in [-0.2, 0) is 6.42 Å². The van der Waals surface area contributed by atoms with Gasteiger partial charge in [-0.15, -0.1) is 0 Å². The summed E-state index contributed by atoms with van der Waals surface area (Å²) in [5.74, 6) is 0.660. The lowest BCUT2D eigenvalue weighted by molar-refractivity contribution is -0.918. The lowest BCUT2D eigenvalue weighted by Gasteiger charge is -2.44. The molecule has 2 aromatic rings. The number of H-pyrrole nitrogens is 1. The molecule has 100 valence electrons. The first kappa shape index (κ1) is 11.5. The summed E-state index contributed by atoms with van der Waals surface area (Å²) in [6.45, 7) is 3.25. The van der Waals surface area contributed by atoms with E-state index < -0.39 is 0 Å². The van der Waals surface area contributed by atoms with Crippen molar-refractivity contribution in [2.45, 2.75) is 31.4 Å². The van der Waals surface area contributed by atoms with Gasteiger partial charge < -0.3 is 15.0 Å². The zero-order chi connectivity index (χ0) is 13.1. The van der Waals surface area contributed by atoms with Gasteiger partial charge in [-0.2, -0.15) is 0 Å². The predicted molar refractivity (Wildman–Crippen MR) is 75.5 cm³/mol. The quantitative estimate of drug-likeness (QED) is 0.639. The van der Waals surface area contributed by atoms with E-state index in [0.29, 0.717) is 12.0 Å². The molecular weight excluding hydrogens is 236 g/mol. The van der Waals surface area contributed by atoms with Crippen LogP contribution in [0.3, 0.4) is 0 Å². The first-order chi connectivity index (χ1) is 9.16. The first-order valence-corrected chi connectivity index (χ1v) is 7.26. The van der Waals surface area contributed by atoms with Crippen LogP contribution in [0.5, 0.6) is 0 Å². The number of aromatic amines is 1. The molecule has 0 radical (unpaired) electrons. The minimum atomic E-state index is -0.206. The Bertz CT molecular complexity index is 633. The van der Waals surface area contributed by atoms with E-state index in [0.717, 1.165) is 13.0 Å². The van der Waals surface area contributed by atoms with Gasteiger partial charge in [0.15, 0.2) is 0 Å². The van der Waals surface area contributed by atoms with Crippen LogP contribution in [0.25, 0.3) is 10.9 Å². The van der Waals surface area contributed by atoms with E-state index in [1.165, 1.54) is 22.0 Å². The second-order valence-corrected chi connectivity index (χ2v) is 6.44. The van der Waals surface area contributed by atoms with Crippen molar-refractivity contribution in [3.05, 3.63) is 35.5 Å². The van der Waals surface area contributed by atoms with Gasteiger partial charge in [-0.1, -0.05) is 19.1 Å². The highest BCUT2D eigenvalue weighted by molar-refractivity contribution is 5.88. The molecule has 0 saturated carbocycles. The molecule has 1 unspecified atom stereocenters. The topological polar surface area (TPSA) is 40.5 Å². The van der Waals surface area contributed by atoms with Crippen molar-refractivity contribution in [3.63, 3.8) is 0 Å². The standard InChI is InChI=1S/C16H20N2O/c1-9-8-18(2)13-6-10-7-17-12-5-3-4-11(14(10)12)15(13)16(9)19/h3-5,7,9,13,15-17,19H,6,8H2,1-2H3/p+1/t9-,13+,15+,16-/m0/s1. The average molecular weight is 257 g/mol. The highest BCUT2D eigenvalue weighted by Crippen LogP contribution is 2.40. The molecule has 1 saturated heterocycles. The maximum atomic E-state index is 10.7. The van der Waals surface area contributed by atoms with Gasteiger partial charge in [0.1, 0.15) is 6.04 Å². The summed E-state index contributed by atoms with van der Waals surface area (Å²) in [7, 11) is 2.28. The van der Waals surface area contributed by atoms with Crippen LogP contribution in [0.1, 0.15) is 24.0 Å². The van der Waals surface area contributed by atoms with Crippen molar-refractivity contribution in [2.24, 2.45) is 5.92 Å². The molecule has 1 aliphatic carbocycles. The highest BCUT2D eigenvalue weighted by atomic mass is 16.3. The molecule has 3 heteroatoms. The SMILES string of the molecule is C[C@H]1C[NH+](C)[C@@H]2Cc3c[nH]c4cccc(c34)[C@H]2[C@H]1O. The monoisotopic (exact) mass is 257 g/mol. The Kier molecular flexibility index (Phi) is 2.32. The Labute approximate surface area is 113 Å². The number of likely N-dealkylation sites (N-methyl/N-ethyl adjacent to an activating group) is 1. The number of nitrogens with one attached hydrogen (secondary N) is 2. The Morgan fingerprint density at radius 3 is 3.05 bits per heavy atom. The van der Waals surface area contributed by atoms with Crippen molar-refractivity contribution in [3.8, 4) is 0 Å². The number of fused-ring (bicyclic) bond motifs is 2. The molecule has 1 fully saturated rings. The molecule has 1 aromatic carbocycles. The second kappa shape index (κ2) is 3.84. The summed E-state index contributed by atoms with van der Waals surface area (Å²) < 4.78 is 0. The number of piperidine rings is 1. The number of aliphatic hydroxyl groups is 1. The molecule has 19 heavy (non-hydrogen) atoms. The molecule has 0 amide bonds. The van der Waals surface area contributed by atoms with Crippen LogP contribution >= 0.6 is 0 Å². The fourth-order valence-corrected chi connectivity index (χ4v) is 4.34. The number of hydrogen-bond donors (Lipinski definition) is 3. The number of quaternary nitrogens is 1. The summed E-state index contributed by atoms with van der Waals surface area (Å²) in [6, 6.07) is 6.98. The van der Waals surface area contributed by atoms with E-state index in [1.807, 2.05) is 0 Å². The third-order valence-corrected chi connectivity index (χ3v) is 5.28. The van der Waals surface area contributed by atoms with Gasteiger partial charge in [-0.05, 0) is 17.2 Å². The van der Waals surface area contributed by atoms with Crippen molar-refractivity contribution >= 4 is 10.9 Å². The van der Waals surface area contributed by atoms with Gasteiger partial charge in [0.2, 0.25) is 0 Å². The number of benzene rings is 1. The zero-order valence-electron chi connectivity index (χ0n) is 11.5. The lowest BCUT2D eigenvalue weighted by atomic mass is 9.71. The average Bonchev–Trinajstić information content (AvgIpc) is 2.81. The van der Waals surface area contributed by atoms with Crippen molar-refractivity contribution in [2.75, 3.05) is 13.6 Å². The number of hydrogen-bond acceptors (Lipinski definition) is 1. The molecule has 0 bridgehead atoms. The number of rotatable bonds is 0. The molecule has 2 heterocycles. The van der Waals surface area contributed by atoms with E-state index in [2.05, 4.69) is 43.4 Å². The van der Waals surface area contributed by atoms with Crippen LogP contribution < -0.4 is 4.90 Å². The van der Waals surface area contributed by atoms with Crippen LogP contribution in [0.2, 0.25) is 0 Å². The van der Waals surface area contributed by atoms with E-state index in [-0.39, 0.29) is 12.0 Å². The second-order valence-electron chi connectivity index (χ2n) is 6.44. The molecule has 3 N–H and O–H groups in total. The maximum Gasteiger partial charge on any atom is 0.101 e. The van der Waals surface area contributed by atoms with E-state index in [1.54, 1.807) is 4.90 Å². The minimum absolute atomic E-state index is 0.206. The Morgan fingerprint density at radius 1 is 1.37 bits per heavy atom. The lowest BCUT2D eigenvalue weighted by Crippen LogP contribution is -3.16. The fraction of sp³-hybridized carbons (Fsp3) is 0.500. The number of aromatic nitrogens is 1. The maximum absolute atomic E-state index is 10.7. The van der Waals surface area contributed by atoms with Crippen LogP contribution in [0.15, 0.2) is 24.4 Å². The Morgan fingerprint density at radius 2 is 2.21 bits per heavy atom. The van der Waals surface area contributed by atoms with Gasteiger partial charge in [-0.3, -0.25) is 0 Å². The fourth-order valence-electron chi connectivity index (χ4n) is 4.34. The molecule has 0 spiro atoms. The largest absolute Gasteiger partial charge is 0.392 e. The van der Waals surface area contributed by atoms with Gasteiger partial charge in [0.05, 0.1) is 25.6 Å². The summed E-state index contributed by atoms with van der Waals surface area (Å²) in [5.41, 5.74) is 3.99. The molecule has 3 nitrogen and oxygen atoms in total. The Hall–Kier alpha value is -1.32. The van der Waals surface area contributed by atoms with Gasteiger partial charge in [0, 0.05) is 29.4 Å². The highest BCUT2D eigenvalue weighted by Gasteiger charge is 2.46. The van der Waals surface area contributed by atoms with E-state index in [9.17, 15) is 5.11 Å². The number of aliphatic hydroxyl groups excluding tert-OH is 1. The van der Waals surface area contributed by atoms with Crippen LogP contribution in [0.4, 0.5) is 0 Å². The van der Waals surface area contributed by atoms with Crippen molar-refractivity contribution < 1.29 is 10.0 Å². The molecule has 2 aliphatic rings. The first-order valence-electron chi connectivity index (χ1n) is 7.26. The molecule has 1 aromatic heterocycles. The number of likely N-dealkylation sites (tertiary alicyclic amines) is 1. The van der Waals surface area contributed by atoms with Crippen molar-refractivity contribution in [1.29, 1.82) is 0 Å². The van der Waals surface area contributed by atoms with Gasteiger partial charge in [-0.25, -0.2) is 0 Å². The molecular formula is C16H21N2O+. The van der Waals surface area contributed by atoms with Crippen molar-refractivity contribution in [1.82, 2.24) is 4.98 Å². The van der Waals surface area contributed by atoms with E-state index >= 15 is 0 Å². The summed E-state index contributed by atoms with van der Waals surface area (Å²) in [4.78, 5) is 4.94. The van der Waals surface area contributed by atoms with Gasteiger partial charge in [0.25, 0.3) is 0 Å². The summed E-state index contributed by atoms with van der Waals surface area (Å²) in [5, 5.41) is 12.0. The van der Waals surface area contributed by atoms with Gasteiger partial charge >= 0.3 is 0 Å². The smallest absolute Gasteiger partial charge is 0.101 e. The molecule has 4 rings (SSSR count).